The fourth-order valence-corrected chi connectivity index (χ4v) is 5.50. The van der Waals surface area contributed by atoms with Gasteiger partial charge in [0.25, 0.3) is 0 Å². The molecule has 14 heteroatoms. The van der Waals surface area contributed by atoms with Gasteiger partial charge in [0.1, 0.15) is 11.5 Å². The van der Waals surface area contributed by atoms with Gasteiger partial charge in [0, 0.05) is 24.2 Å². The van der Waals surface area contributed by atoms with Crippen molar-refractivity contribution in [3.63, 3.8) is 0 Å². The molecule has 4 atom stereocenters. The lowest BCUT2D eigenvalue weighted by Crippen LogP contribution is -2.39. The summed E-state index contributed by atoms with van der Waals surface area (Å²) in [6.07, 6.45) is -13.3. The molecule has 1 unspecified atom stereocenters. The lowest BCUT2D eigenvalue weighted by molar-refractivity contribution is -0.274. The van der Waals surface area contributed by atoms with Crippen molar-refractivity contribution in [2.45, 2.75) is 56.2 Å². The van der Waals surface area contributed by atoms with Crippen LogP contribution in [0.2, 0.25) is 0 Å². The molecule has 1 heterocycles. The van der Waals surface area contributed by atoms with Gasteiger partial charge in [-0.05, 0) is 54.3 Å². The van der Waals surface area contributed by atoms with Crippen molar-refractivity contribution in [3.8, 4) is 11.5 Å². The van der Waals surface area contributed by atoms with Crippen molar-refractivity contribution in [1.82, 2.24) is 10.6 Å². The Labute approximate surface area is 254 Å². The van der Waals surface area contributed by atoms with Crippen LogP contribution in [-0.2, 0) is 18.9 Å². The van der Waals surface area contributed by atoms with Crippen LogP contribution in [0.4, 0.5) is 39.5 Å². The number of alkyl halides is 9. The van der Waals surface area contributed by atoms with Crippen molar-refractivity contribution in [2.24, 2.45) is 5.92 Å². The largest absolute Gasteiger partial charge is 0.659 e. The predicted octanol–water partition coefficient (Wildman–Crippen LogP) is 8.58. The van der Waals surface area contributed by atoms with Crippen LogP contribution in [-0.4, -0.2) is 32.6 Å². The highest BCUT2D eigenvalue weighted by Gasteiger charge is 2.63. The Balaban J connectivity index is 0.000000224. The number of fused-ring (bicyclic) bond motifs is 1. The molecule has 5 nitrogen and oxygen atoms in total. The Morgan fingerprint density at radius 2 is 1.53 bits per heavy atom. The zero-order valence-corrected chi connectivity index (χ0v) is 24.4. The first kappa shape index (κ1) is 34.4. The van der Waals surface area contributed by atoms with Gasteiger partial charge < -0.3 is 25.4 Å². The molecule has 3 aromatic carbocycles. The summed E-state index contributed by atoms with van der Waals surface area (Å²) in [5.74, 6) is 0.810. The number of piperidine rings is 1. The molecule has 0 radical (unpaired) electrons. The predicted molar refractivity (Wildman–Crippen MR) is 149 cm³/mol. The maximum atomic E-state index is 12.5. The molecule has 45 heavy (non-hydrogen) atoms. The first-order valence-corrected chi connectivity index (χ1v) is 13.8. The number of hydrogen-bond acceptors (Lipinski definition) is 4. The number of nitrogens with one attached hydrogen (secondary N) is 2. The minimum atomic E-state index is -4.82. The molecule has 1 saturated carbocycles. The van der Waals surface area contributed by atoms with E-state index < -0.39 is 35.9 Å². The zero-order valence-electron chi connectivity index (χ0n) is 24.4. The van der Waals surface area contributed by atoms with Crippen LogP contribution in [0, 0.1) is 5.92 Å². The quantitative estimate of drug-likeness (QED) is 0.241. The molecule has 0 aromatic heterocycles. The number of hydrogen-bond donors (Lipinski definition) is 2. The number of benzene rings is 3. The van der Waals surface area contributed by atoms with E-state index in [1.807, 2.05) is 18.2 Å². The molecular formula is C31H31F9N3O2-. The average molecular weight is 649 g/mol. The van der Waals surface area contributed by atoms with Gasteiger partial charge in [-0.15, -0.1) is 19.2 Å². The van der Waals surface area contributed by atoms with Crippen molar-refractivity contribution in [3.05, 3.63) is 99.9 Å². The van der Waals surface area contributed by atoms with Gasteiger partial charge in [-0.3, -0.25) is 0 Å². The van der Waals surface area contributed by atoms with Crippen LogP contribution in [0.3, 0.4) is 0 Å². The van der Waals surface area contributed by atoms with Crippen LogP contribution >= 0.6 is 0 Å². The maximum Gasteiger partial charge on any atom is 0.573 e. The SMILES string of the molecule is COc1ccc(OC(F)(F)F)cc1CN[C@@]12CC1CN[C@H]2c1ccccc1.C[N-][C@@H](C)c1cc(C(F)(F)F)cc(C(F)(F)F)c1. The molecule has 3 aromatic rings. The first-order valence-electron chi connectivity index (χ1n) is 13.8. The van der Waals surface area contributed by atoms with Gasteiger partial charge >= 0.3 is 18.7 Å². The van der Waals surface area contributed by atoms with Crippen molar-refractivity contribution in [2.75, 3.05) is 20.7 Å². The highest BCUT2D eigenvalue weighted by atomic mass is 19.4. The molecule has 246 valence electrons. The fraction of sp³-hybridized carbons (Fsp3) is 0.419. The average Bonchev–Trinajstić information content (AvgIpc) is 3.57. The van der Waals surface area contributed by atoms with Gasteiger partial charge in [0.2, 0.25) is 0 Å². The van der Waals surface area contributed by atoms with Gasteiger partial charge in [0.05, 0.1) is 24.3 Å². The third-order valence-electron chi connectivity index (χ3n) is 7.94. The number of nitrogens with zero attached hydrogens (tertiary/aromatic N) is 1. The number of methoxy groups -OCH3 is 1. The molecule has 1 aliphatic carbocycles. The van der Waals surface area contributed by atoms with E-state index in [0.29, 0.717) is 35.9 Å². The molecule has 1 saturated heterocycles. The van der Waals surface area contributed by atoms with Crippen molar-refractivity contribution < 1.29 is 49.0 Å². The van der Waals surface area contributed by atoms with Crippen LogP contribution in [0.25, 0.3) is 5.32 Å². The van der Waals surface area contributed by atoms with E-state index in [9.17, 15) is 39.5 Å². The normalized spacial score (nSPS) is 21.8. The Morgan fingerprint density at radius 1 is 0.911 bits per heavy atom. The fourth-order valence-electron chi connectivity index (χ4n) is 5.50. The summed E-state index contributed by atoms with van der Waals surface area (Å²) in [4.78, 5) is 0. The molecule has 0 bridgehead atoms. The van der Waals surface area contributed by atoms with E-state index >= 15 is 0 Å². The topological polar surface area (TPSA) is 56.6 Å². The maximum absolute atomic E-state index is 12.5. The number of ether oxygens (including phenoxy) is 2. The van der Waals surface area contributed by atoms with Crippen molar-refractivity contribution in [1.29, 1.82) is 0 Å². The number of rotatable bonds is 8. The van der Waals surface area contributed by atoms with Crippen LogP contribution in [0.5, 0.6) is 11.5 Å². The molecule has 0 amide bonds. The van der Waals surface area contributed by atoms with Gasteiger partial charge in [-0.1, -0.05) is 42.8 Å². The molecule has 5 rings (SSSR count). The number of halogens is 9. The van der Waals surface area contributed by atoms with Crippen LogP contribution in [0.15, 0.2) is 66.7 Å². The summed E-state index contributed by atoms with van der Waals surface area (Å²) in [5.41, 5.74) is -0.970. The minimum absolute atomic E-state index is 0.0761. The zero-order chi connectivity index (χ0) is 33.2. The van der Waals surface area contributed by atoms with E-state index in [-0.39, 0.29) is 29.0 Å². The Hall–Kier alpha value is -3.49. The lowest BCUT2D eigenvalue weighted by atomic mass is 9.97. The summed E-state index contributed by atoms with van der Waals surface area (Å²) < 4.78 is 122. The van der Waals surface area contributed by atoms with E-state index in [1.165, 1.54) is 44.8 Å². The monoisotopic (exact) mass is 648 g/mol. The van der Waals surface area contributed by atoms with Crippen molar-refractivity contribution >= 4 is 0 Å². The Bertz CT molecular complexity index is 1410. The summed E-state index contributed by atoms with van der Waals surface area (Å²) in [7, 11) is 2.84. The third kappa shape index (κ3) is 8.41. The van der Waals surface area contributed by atoms with Gasteiger partial charge in [-0.25, -0.2) is 0 Å². The lowest BCUT2D eigenvalue weighted by Gasteiger charge is -2.26. The van der Waals surface area contributed by atoms with Crippen LogP contribution < -0.4 is 20.1 Å². The second kappa shape index (κ2) is 13.1. The van der Waals surface area contributed by atoms with E-state index in [1.54, 1.807) is 0 Å². The van der Waals surface area contributed by atoms with E-state index in [2.05, 4.69) is 32.8 Å². The van der Waals surface area contributed by atoms with Crippen LogP contribution in [0.1, 0.15) is 53.2 Å². The van der Waals surface area contributed by atoms with E-state index in [0.717, 1.165) is 13.0 Å². The molecule has 1 aliphatic heterocycles. The highest BCUT2D eigenvalue weighted by Crippen LogP contribution is 2.56. The summed E-state index contributed by atoms with van der Waals surface area (Å²) >= 11 is 0. The standard InChI is InChI=1S/C20H21F3N2O2.C11H10F6N/c1-26-17-8-7-16(27-20(21,22)23)9-14(17)11-25-19-10-15(19)12-24-18(19)13-5-3-2-4-6-13;1-6(18-2)7-3-8(10(12,13)14)5-9(4-7)11(15,16)17/h2-9,15,18,24-25H,10-12H2,1H3;3-6H,1-2H3/q;-1/t15?,18-,19-;6-/m00/s1. The smallest absolute Gasteiger partial charge is 0.573 e. The summed E-state index contributed by atoms with van der Waals surface area (Å²) in [6.45, 7) is 2.76. The second-order valence-electron chi connectivity index (χ2n) is 10.8. The summed E-state index contributed by atoms with van der Waals surface area (Å²) in [6, 6.07) is 15.3. The Morgan fingerprint density at radius 3 is 2.04 bits per heavy atom. The first-order chi connectivity index (χ1) is 21.0. The molecule has 2 aliphatic rings. The highest BCUT2D eigenvalue weighted by molar-refractivity contribution is 5.41. The Kier molecular flexibility index (Phi) is 10.0. The second-order valence-corrected chi connectivity index (χ2v) is 10.8. The van der Waals surface area contributed by atoms with Gasteiger partial charge in [-0.2, -0.15) is 33.4 Å². The van der Waals surface area contributed by atoms with E-state index in [4.69, 9.17) is 4.74 Å². The summed E-state index contributed by atoms with van der Waals surface area (Å²) in [5, 5.41) is 10.8. The van der Waals surface area contributed by atoms with Gasteiger partial charge in [0.15, 0.2) is 0 Å². The molecular weight excluding hydrogens is 617 g/mol. The third-order valence-corrected chi connectivity index (χ3v) is 7.94. The molecule has 2 N–H and O–H groups in total. The molecule has 2 fully saturated rings. The molecule has 0 spiro atoms. The minimum Gasteiger partial charge on any atom is -0.659 e.